The average molecular weight is 268 g/mol. The molecule has 1 aliphatic rings. The molecule has 2 rings (SSSR count). The zero-order chi connectivity index (χ0) is 13.1. The van der Waals surface area contributed by atoms with Crippen LogP contribution in [0.3, 0.4) is 0 Å². The van der Waals surface area contributed by atoms with Gasteiger partial charge in [0, 0.05) is 31.0 Å². The number of likely N-dealkylation sites (N-methyl/N-ethyl adjacent to an activating group) is 1. The van der Waals surface area contributed by atoms with Gasteiger partial charge in [0.2, 0.25) is 0 Å². The quantitative estimate of drug-likeness (QED) is 0.887. The van der Waals surface area contributed by atoms with Crippen molar-refractivity contribution < 1.29 is 4.79 Å². The first kappa shape index (κ1) is 13.3. The molecule has 1 N–H and O–H groups in total. The lowest BCUT2D eigenvalue weighted by Gasteiger charge is -2.24. The third kappa shape index (κ3) is 3.21. The van der Waals surface area contributed by atoms with Crippen LogP contribution in [0.15, 0.2) is 18.5 Å². The van der Waals surface area contributed by atoms with E-state index >= 15 is 0 Å². The van der Waals surface area contributed by atoms with Crippen LogP contribution in [-0.2, 0) is 0 Å². The van der Waals surface area contributed by atoms with Gasteiger partial charge in [-0.1, -0.05) is 11.6 Å². The molecule has 1 aliphatic carbocycles. The molecule has 1 fully saturated rings. The number of carbonyl (C=O) groups excluding carboxylic acids is 1. The minimum absolute atomic E-state index is 0.163. The molecule has 0 saturated heterocycles. The fourth-order valence-electron chi connectivity index (χ4n) is 1.87. The van der Waals surface area contributed by atoms with E-state index in [2.05, 4.69) is 29.2 Å². The van der Waals surface area contributed by atoms with Crippen LogP contribution in [0.4, 0.5) is 0 Å². The van der Waals surface area contributed by atoms with Crippen LogP contribution in [0, 0.1) is 0 Å². The van der Waals surface area contributed by atoms with E-state index in [1.807, 2.05) is 0 Å². The molecule has 18 heavy (non-hydrogen) atoms. The van der Waals surface area contributed by atoms with Crippen molar-refractivity contribution in [2.75, 3.05) is 13.6 Å². The Morgan fingerprint density at radius 1 is 1.67 bits per heavy atom. The second-order valence-corrected chi connectivity index (χ2v) is 5.22. The second kappa shape index (κ2) is 5.67. The van der Waals surface area contributed by atoms with Crippen molar-refractivity contribution in [1.29, 1.82) is 0 Å². The van der Waals surface area contributed by atoms with Crippen molar-refractivity contribution in [1.82, 2.24) is 15.2 Å². The van der Waals surface area contributed by atoms with E-state index in [0.29, 0.717) is 29.2 Å². The largest absolute Gasteiger partial charge is 0.350 e. The Kier molecular flexibility index (Phi) is 4.19. The first-order chi connectivity index (χ1) is 8.59. The summed E-state index contributed by atoms with van der Waals surface area (Å²) in [5, 5.41) is 3.33. The Morgan fingerprint density at radius 3 is 3.00 bits per heavy atom. The van der Waals surface area contributed by atoms with Crippen LogP contribution >= 0.6 is 11.6 Å². The Hall–Kier alpha value is -1.13. The number of nitrogens with one attached hydrogen (secondary N) is 1. The summed E-state index contributed by atoms with van der Waals surface area (Å²) in [5.74, 6) is -0.163. The van der Waals surface area contributed by atoms with Crippen molar-refractivity contribution in [3.8, 4) is 0 Å². The highest BCUT2D eigenvalue weighted by Crippen LogP contribution is 2.26. The van der Waals surface area contributed by atoms with Crippen molar-refractivity contribution >= 4 is 17.5 Å². The van der Waals surface area contributed by atoms with Crippen LogP contribution in [-0.4, -0.2) is 41.5 Å². The molecule has 98 valence electrons. The van der Waals surface area contributed by atoms with Crippen LogP contribution in [0.2, 0.25) is 5.02 Å². The third-order valence-corrected chi connectivity index (χ3v) is 3.72. The lowest BCUT2D eigenvalue weighted by molar-refractivity contribution is 0.0939. The summed E-state index contributed by atoms with van der Waals surface area (Å²) < 4.78 is 0. The maximum atomic E-state index is 11.9. The van der Waals surface area contributed by atoms with Gasteiger partial charge >= 0.3 is 0 Å². The SMILES string of the molecule is CC(CNC(=O)c1cnccc1Cl)N(C)C1CC1. The predicted octanol–water partition coefficient (Wildman–Crippen LogP) is 1.95. The highest BCUT2D eigenvalue weighted by molar-refractivity contribution is 6.33. The number of hydrogen-bond acceptors (Lipinski definition) is 3. The Morgan fingerprint density at radius 2 is 2.39 bits per heavy atom. The van der Waals surface area contributed by atoms with Gasteiger partial charge in [-0.3, -0.25) is 14.7 Å². The zero-order valence-corrected chi connectivity index (χ0v) is 11.4. The molecule has 1 saturated carbocycles. The standard InChI is InChI=1S/C13H18ClN3O/c1-9(17(2)10-3-4-10)7-16-13(18)11-8-15-6-5-12(11)14/h5-6,8-10H,3-4,7H2,1-2H3,(H,16,18). The topological polar surface area (TPSA) is 45.2 Å². The fraction of sp³-hybridized carbons (Fsp3) is 0.538. The van der Waals surface area contributed by atoms with E-state index in [4.69, 9.17) is 11.6 Å². The highest BCUT2D eigenvalue weighted by atomic mass is 35.5. The molecular weight excluding hydrogens is 250 g/mol. The molecule has 1 aromatic rings. The van der Waals surface area contributed by atoms with Gasteiger partial charge < -0.3 is 5.32 Å². The number of carbonyl (C=O) groups is 1. The molecule has 0 bridgehead atoms. The normalized spacial score (nSPS) is 16.7. The Balaban J connectivity index is 1.86. The first-order valence-corrected chi connectivity index (χ1v) is 6.57. The van der Waals surface area contributed by atoms with Crippen molar-refractivity contribution in [3.63, 3.8) is 0 Å². The molecule has 0 aliphatic heterocycles. The van der Waals surface area contributed by atoms with Crippen molar-refractivity contribution in [3.05, 3.63) is 29.0 Å². The zero-order valence-electron chi connectivity index (χ0n) is 10.7. The minimum Gasteiger partial charge on any atom is -0.350 e. The molecule has 0 spiro atoms. The van der Waals surface area contributed by atoms with Gasteiger partial charge in [-0.05, 0) is 32.9 Å². The van der Waals surface area contributed by atoms with Gasteiger partial charge in [0.1, 0.15) is 0 Å². The average Bonchev–Trinajstić information content (AvgIpc) is 3.19. The van der Waals surface area contributed by atoms with E-state index < -0.39 is 0 Å². The maximum Gasteiger partial charge on any atom is 0.254 e. The highest BCUT2D eigenvalue weighted by Gasteiger charge is 2.29. The lowest BCUT2D eigenvalue weighted by Crippen LogP contribution is -2.41. The van der Waals surface area contributed by atoms with Gasteiger partial charge in [0.15, 0.2) is 0 Å². The van der Waals surface area contributed by atoms with Gasteiger partial charge in [-0.25, -0.2) is 0 Å². The molecule has 5 heteroatoms. The van der Waals surface area contributed by atoms with E-state index in [1.54, 1.807) is 12.3 Å². The molecule has 0 radical (unpaired) electrons. The molecule has 0 aromatic carbocycles. The summed E-state index contributed by atoms with van der Waals surface area (Å²) in [6.45, 7) is 2.74. The number of rotatable bonds is 5. The summed E-state index contributed by atoms with van der Waals surface area (Å²) in [5.41, 5.74) is 0.431. The van der Waals surface area contributed by atoms with E-state index in [1.165, 1.54) is 19.0 Å². The second-order valence-electron chi connectivity index (χ2n) is 4.81. The maximum absolute atomic E-state index is 11.9. The van der Waals surface area contributed by atoms with Crippen molar-refractivity contribution in [2.45, 2.75) is 31.8 Å². The number of nitrogens with zero attached hydrogens (tertiary/aromatic N) is 2. The number of halogens is 1. The van der Waals surface area contributed by atoms with Crippen molar-refractivity contribution in [2.24, 2.45) is 0 Å². The predicted molar refractivity (Wildman–Crippen MR) is 71.8 cm³/mol. The molecule has 1 aromatic heterocycles. The van der Waals surface area contributed by atoms with E-state index in [0.717, 1.165) is 0 Å². The summed E-state index contributed by atoms with van der Waals surface area (Å²) in [6.07, 6.45) is 5.60. The van der Waals surface area contributed by atoms with Gasteiger partial charge in [0.25, 0.3) is 5.91 Å². The van der Waals surface area contributed by atoms with Crippen LogP contribution in [0.25, 0.3) is 0 Å². The third-order valence-electron chi connectivity index (χ3n) is 3.39. The molecule has 1 atom stereocenters. The molecule has 1 amide bonds. The molecule has 1 unspecified atom stereocenters. The van der Waals surface area contributed by atoms with Gasteiger partial charge in [-0.2, -0.15) is 0 Å². The Labute approximate surface area is 112 Å². The van der Waals surface area contributed by atoms with Crippen LogP contribution in [0.5, 0.6) is 0 Å². The molecular formula is C13H18ClN3O. The van der Waals surface area contributed by atoms with E-state index in [9.17, 15) is 4.79 Å². The van der Waals surface area contributed by atoms with Gasteiger partial charge in [-0.15, -0.1) is 0 Å². The van der Waals surface area contributed by atoms with E-state index in [-0.39, 0.29) is 5.91 Å². The fourth-order valence-corrected chi connectivity index (χ4v) is 2.06. The lowest BCUT2D eigenvalue weighted by atomic mass is 10.2. The summed E-state index contributed by atoms with van der Waals surface area (Å²) in [7, 11) is 2.10. The number of aromatic nitrogens is 1. The van der Waals surface area contributed by atoms with Gasteiger partial charge in [0.05, 0.1) is 10.6 Å². The molecule has 4 nitrogen and oxygen atoms in total. The number of pyridine rings is 1. The monoisotopic (exact) mass is 267 g/mol. The first-order valence-electron chi connectivity index (χ1n) is 6.19. The summed E-state index contributed by atoms with van der Waals surface area (Å²) in [4.78, 5) is 18.1. The summed E-state index contributed by atoms with van der Waals surface area (Å²) in [6, 6.07) is 2.65. The summed E-state index contributed by atoms with van der Waals surface area (Å²) >= 11 is 5.95. The number of hydrogen-bond donors (Lipinski definition) is 1. The smallest absolute Gasteiger partial charge is 0.254 e. The number of amides is 1. The van der Waals surface area contributed by atoms with Crippen LogP contribution < -0.4 is 5.32 Å². The molecule has 1 heterocycles. The van der Waals surface area contributed by atoms with Crippen LogP contribution in [0.1, 0.15) is 30.1 Å². The minimum atomic E-state index is -0.163. The Bertz CT molecular complexity index is 434.